The van der Waals surface area contributed by atoms with Crippen molar-refractivity contribution >= 4 is 11.9 Å². The topological polar surface area (TPSA) is 69.6 Å². The molecular weight excluding hydrogens is 323 g/mol. The lowest BCUT2D eigenvalue weighted by molar-refractivity contribution is -0.132. The minimum atomic E-state index is -1.14. The van der Waals surface area contributed by atoms with Gasteiger partial charge >= 0.3 is 6.03 Å². The number of β-amino-alcohol motifs (C(OH)–C–C–N with tert-alkyl or cyclic N) is 1. The number of urea groups is 1. The van der Waals surface area contributed by atoms with E-state index in [1.54, 1.807) is 6.07 Å². The average Bonchev–Trinajstić information content (AvgIpc) is 3.09. The highest BCUT2D eigenvalue weighted by atomic mass is 19.1. The van der Waals surface area contributed by atoms with Gasteiger partial charge in [-0.2, -0.15) is 0 Å². The molecule has 0 unspecified atom stereocenters. The predicted octanol–water partition coefficient (Wildman–Crippen LogP) is 2.25. The molecule has 1 heterocycles. The van der Waals surface area contributed by atoms with Gasteiger partial charge in [-0.3, -0.25) is 9.69 Å². The summed E-state index contributed by atoms with van der Waals surface area (Å²) in [4.78, 5) is 26.4. The second-order valence-electron chi connectivity index (χ2n) is 6.48. The van der Waals surface area contributed by atoms with Crippen LogP contribution >= 0.6 is 0 Å². The lowest BCUT2D eigenvalue weighted by Crippen LogP contribution is -2.42. The van der Waals surface area contributed by atoms with Gasteiger partial charge in [-0.1, -0.05) is 36.4 Å². The van der Waals surface area contributed by atoms with E-state index < -0.39 is 23.5 Å². The zero-order chi connectivity index (χ0) is 17.6. The zero-order valence-electron chi connectivity index (χ0n) is 13.4. The summed E-state index contributed by atoms with van der Waals surface area (Å²) in [5.74, 6) is -0.840. The van der Waals surface area contributed by atoms with Crippen LogP contribution in [0.15, 0.2) is 48.5 Å². The molecule has 1 fully saturated rings. The first-order valence-corrected chi connectivity index (χ1v) is 8.17. The van der Waals surface area contributed by atoms with Gasteiger partial charge in [0.1, 0.15) is 11.4 Å². The summed E-state index contributed by atoms with van der Waals surface area (Å²) in [7, 11) is 0. The number of nitrogens with zero attached hydrogens (tertiary/aromatic N) is 1. The molecule has 1 aliphatic carbocycles. The summed E-state index contributed by atoms with van der Waals surface area (Å²) in [5, 5.41) is 13.1. The van der Waals surface area contributed by atoms with E-state index in [1.165, 1.54) is 18.2 Å². The van der Waals surface area contributed by atoms with Crippen molar-refractivity contribution in [2.45, 2.75) is 24.5 Å². The molecule has 2 aromatic rings. The molecule has 128 valence electrons. The molecule has 2 atom stereocenters. The first-order valence-electron chi connectivity index (χ1n) is 8.17. The highest BCUT2D eigenvalue weighted by molar-refractivity contribution is 6.08. The Balaban J connectivity index is 1.61. The van der Waals surface area contributed by atoms with Crippen molar-refractivity contribution in [3.63, 3.8) is 0 Å². The van der Waals surface area contributed by atoms with Gasteiger partial charge in [0.2, 0.25) is 0 Å². The van der Waals surface area contributed by atoms with Crippen molar-refractivity contribution in [2.75, 3.05) is 6.54 Å². The van der Waals surface area contributed by atoms with Crippen LogP contribution in [0, 0.1) is 5.82 Å². The number of carbonyl (C=O) groups is 2. The van der Waals surface area contributed by atoms with Crippen molar-refractivity contribution in [1.29, 1.82) is 0 Å². The monoisotopic (exact) mass is 340 g/mol. The van der Waals surface area contributed by atoms with Crippen LogP contribution in [-0.4, -0.2) is 28.5 Å². The lowest BCUT2D eigenvalue weighted by Gasteiger charge is -2.23. The van der Waals surface area contributed by atoms with Gasteiger partial charge in [-0.05, 0) is 41.7 Å². The lowest BCUT2D eigenvalue weighted by atomic mass is 9.92. The third-order valence-corrected chi connectivity index (χ3v) is 5.01. The van der Waals surface area contributed by atoms with E-state index in [1.807, 2.05) is 24.3 Å². The zero-order valence-corrected chi connectivity index (χ0v) is 13.4. The van der Waals surface area contributed by atoms with Crippen LogP contribution in [0.25, 0.3) is 0 Å². The molecule has 1 spiro atoms. The van der Waals surface area contributed by atoms with Gasteiger partial charge in [-0.15, -0.1) is 0 Å². The summed E-state index contributed by atoms with van der Waals surface area (Å²) in [5.41, 5.74) is 1.14. The number of hydrogen-bond acceptors (Lipinski definition) is 3. The Morgan fingerprint density at radius 2 is 2.00 bits per heavy atom. The normalized spacial score (nSPS) is 23.0. The smallest absolute Gasteiger partial charge is 0.325 e. The number of aryl methyl sites for hydroxylation is 1. The van der Waals surface area contributed by atoms with E-state index in [4.69, 9.17) is 0 Å². The van der Waals surface area contributed by atoms with E-state index in [2.05, 4.69) is 5.32 Å². The number of halogens is 1. The van der Waals surface area contributed by atoms with Crippen LogP contribution in [0.4, 0.5) is 9.18 Å². The molecule has 0 bridgehead atoms. The summed E-state index contributed by atoms with van der Waals surface area (Å²) >= 11 is 0. The molecule has 4 rings (SSSR count). The van der Waals surface area contributed by atoms with E-state index in [-0.39, 0.29) is 12.5 Å². The molecule has 2 N–H and O–H groups in total. The van der Waals surface area contributed by atoms with Gasteiger partial charge in [0.15, 0.2) is 0 Å². The van der Waals surface area contributed by atoms with Crippen molar-refractivity contribution < 1.29 is 19.1 Å². The van der Waals surface area contributed by atoms with E-state index >= 15 is 0 Å². The van der Waals surface area contributed by atoms with Crippen LogP contribution in [0.1, 0.15) is 29.2 Å². The number of fused-ring (bicyclic) bond motifs is 2. The molecule has 6 heteroatoms. The highest BCUT2D eigenvalue weighted by Gasteiger charge is 2.55. The fourth-order valence-electron chi connectivity index (χ4n) is 3.75. The van der Waals surface area contributed by atoms with Crippen LogP contribution in [-0.2, 0) is 16.8 Å². The first kappa shape index (κ1) is 15.8. The molecule has 25 heavy (non-hydrogen) atoms. The molecule has 3 amide bonds. The Labute approximate surface area is 144 Å². The summed E-state index contributed by atoms with van der Waals surface area (Å²) < 4.78 is 13.3. The van der Waals surface area contributed by atoms with Crippen molar-refractivity contribution in [1.82, 2.24) is 10.2 Å². The van der Waals surface area contributed by atoms with Crippen molar-refractivity contribution in [3.05, 3.63) is 71.0 Å². The third-order valence-electron chi connectivity index (χ3n) is 5.01. The largest absolute Gasteiger partial charge is 0.387 e. The van der Waals surface area contributed by atoms with Crippen molar-refractivity contribution in [3.8, 4) is 0 Å². The minimum absolute atomic E-state index is 0.210. The summed E-state index contributed by atoms with van der Waals surface area (Å²) in [6.07, 6.45) is 0.0728. The molecule has 2 aliphatic rings. The van der Waals surface area contributed by atoms with Crippen molar-refractivity contribution in [2.24, 2.45) is 0 Å². The van der Waals surface area contributed by atoms with Gasteiger partial charge in [0.25, 0.3) is 5.91 Å². The predicted molar refractivity (Wildman–Crippen MR) is 88.0 cm³/mol. The van der Waals surface area contributed by atoms with Gasteiger partial charge in [-0.25, -0.2) is 9.18 Å². The Bertz CT molecular complexity index is 869. The van der Waals surface area contributed by atoms with E-state index in [9.17, 15) is 19.1 Å². The molecule has 0 saturated carbocycles. The number of rotatable bonds is 3. The number of carbonyl (C=O) groups excluding carboxylic acids is 2. The first-order chi connectivity index (χ1) is 12.0. The van der Waals surface area contributed by atoms with Crippen LogP contribution in [0.5, 0.6) is 0 Å². The maximum Gasteiger partial charge on any atom is 0.325 e. The molecule has 0 aromatic heterocycles. The van der Waals surface area contributed by atoms with Gasteiger partial charge in [0, 0.05) is 0 Å². The Morgan fingerprint density at radius 1 is 1.20 bits per heavy atom. The number of hydrogen-bond donors (Lipinski definition) is 2. The highest BCUT2D eigenvalue weighted by Crippen LogP contribution is 2.41. The summed E-state index contributed by atoms with van der Waals surface area (Å²) in [6.45, 7) is -0.210. The number of aliphatic hydroxyl groups is 1. The SMILES string of the molecule is O=C1N[C@]2(CCc3ccccc32)C(=O)N1C[C@H](O)c1cccc(F)c1. The molecule has 0 radical (unpaired) electrons. The standard InChI is InChI=1S/C19H17FN2O3/c20-14-6-3-5-13(10-14)16(23)11-22-17(24)19(21-18(22)25)9-8-12-4-1-2-7-15(12)19/h1-7,10,16,23H,8-9,11H2,(H,21,25)/t16-,19-/m0/s1. The molecule has 1 saturated heterocycles. The molecule has 2 aromatic carbocycles. The van der Waals surface area contributed by atoms with Crippen LogP contribution in [0.3, 0.4) is 0 Å². The molecule has 1 aliphatic heterocycles. The van der Waals surface area contributed by atoms with Gasteiger partial charge < -0.3 is 10.4 Å². The molecular formula is C19H17FN2O3. The Hall–Kier alpha value is -2.73. The summed E-state index contributed by atoms with van der Waals surface area (Å²) in [6, 6.07) is 12.5. The number of nitrogens with one attached hydrogen (secondary N) is 1. The maximum atomic E-state index is 13.3. The average molecular weight is 340 g/mol. The maximum absolute atomic E-state index is 13.3. The minimum Gasteiger partial charge on any atom is -0.387 e. The second-order valence-corrected chi connectivity index (χ2v) is 6.48. The number of amides is 3. The van der Waals surface area contributed by atoms with Crippen LogP contribution < -0.4 is 5.32 Å². The Morgan fingerprint density at radius 3 is 2.80 bits per heavy atom. The Kier molecular flexibility index (Phi) is 3.58. The third kappa shape index (κ3) is 2.41. The fraction of sp³-hybridized carbons (Fsp3) is 0.263. The molecule has 5 nitrogen and oxygen atoms in total. The number of imide groups is 1. The number of benzene rings is 2. The quantitative estimate of drug-likeness (QED) is 0.842. The second kappa shape index (κ2) is 5.67. The van der Waals surface area contributed by atoms with E-state index in [0.29, 0.717) is 18.4 Å². The number of aliphatic hydroxyl groups excluding tert-OH is 1. The fourth-order valence-corrected chi connectivity index (χ4v) is 3.75. The van der Waals surface area contributed by atoms with Gasteiger partial charge in [0.05, 0.1) is 12.6 Å². The van der Waals surface area contributed by atoms with Crippen LogP contribution in [0.2, 0.25) is 0 Å². The van der Waals surface area contributed by atoms with E-state index in [0.717, 1.165) is 16.0 Å².